The highest BCUT2D eigenvalue weighted by molar-refractivity contribution is 5.69. The fourth-order valence-electron chi connectivity index (χ4n) is 2.18. The van der Waals surface area contributed by atoms with E-state index >= 15 is 0 Å². The first-order valence-electron chi connectivity index (χ1n) is 7.77. The van der Waals surface area contributed by atoms with E-state index in [1.807, 2.05) is 0 Å². The van der Waals surface area contributed by atoms with Crippen LogP contribution in [0.5, 0.6) is 0 Å². The molecule has 0 saturated carbocycles. The average molecular weight is 362 g/mol. The van der Waals surface area contributed by atoms with Gasteiger partial charge in [0.2, 0.25) is 5.82 Å². The molecule has 0 fully saturated rings. The van der Waals surface area contributed by atoms with Crippen molar-refractivity contribution >= 4 is 11.8 Å². The van der Waals surface area contributed by atoms with Gasteiger partial charge in [-0.3, -0.25) is 20.1 Å². The molecule has 0 aliphatic rings. The van der Waals surface area contributed by atoms with Gasteiger partial charge in [-0.25, -0.2) is 4.79 Å². The van der Waals surface area contributed by atoms with Gasteiger partial charge >= 0.3 is 11.8 Å². The fraction of sp³-hybridized carbons (Fsp3) is 0.353. The van der Waals surface area contributed by atoms with Gasteiger partial charge in [0.05, 0.1) is 22.9 Å². The number of hydrogen-bond donors (Lipinski definition) is 0. The smallest absolute Gasteiger partial charge is 0.410 e. The van der Waals surface area contributed by atoms with Gasteiger partial charge in [0.1, 0.15) is 5.60 Å². The second kappa shape index (κ2) is 7.42. The molecule has 0 saturated heterocycles. The maximum absolute atomic E-state index is 14.5. The molecular weight excluding hydrogens is 343 g/mol. The Labute approximate surface area is 149 Å². The summed E-state index contributed by atoms with van der Waals surface area (Å²) in [7, 11) is 1.51. The van der Waals surface area contributed by atoms with Crippen molar-refractivity contribution in [3.05, 3.63) is 52.2 Å². The van der Waals surface area contributed by atoms with Crippen LogP contribution in [-0.2, 0) is 11.3 Å². The summed E-state index contributed by atoms with van der Waals surface area (Å²) >= 11 is 0. The van der Waals surface area contributed by atoms with Crippen molar-refractivity contribution in [1.29, 1.82) is 0 Å². The van der Waals surface area contributed by atoms with E-state index in [1.54, 1.807) is 20.8 Å². The molecule has 1 aromatic heterocycles. The number of aromatic nitrogens is 2. The number of halogens is 1. The van der Waals surface area contributed by atoms with E-state index in [0.29, 0.717) is 5.69 Å². The molecule has 0 aliphatic heterocycles. The zero-order chi connectivity index (χ0) is 19.5. The lowest BCUT2D eigenvalue weighted by molar-refractivity contribution is -0.387. The number of ether oxygens (including phenoxy) is 1. The maximum atomic E-state index is 14.5. The molecule has 1 heterocycles. The summed E-state index contributed by atoms with van der Waals surface area (Å²) in [6.45, 7) is 5.22. The van der Waals surface area contributed by atoms with Crippen LogP contribution in [0.4, 0.5) is 14.9 Å². The molecule has 0 atom stereocenters. The Hall–Kier alpha value is -3.10. The van der Waals surface area contributed by atoms with Crippen molar-refractivity contribution in [2.45, 2.75) is 32.9 Å². The van der Waals surface area contributed by atoms with E-state index in [9.17, 15) is 19.3 Å². The lowest BCUT2D eigenvalue weighted by Gasteiger charge is -2.24. The fourth-order valence-corrected chi connectivity index (χ4v) is 2.18. The van der Waals surface area contributed by atoms with Crippen LogP contribution in [0.15, 0.2) is 30.6 Å². The summed E-state index contributed by atoms with van der Waals surface area (Å²) in [6, 6.07) is 3.82. The molecule has 1 aromatic carbocycles. The Bertz CT molecular complexity index is 836. The zero-order valence-corrected chi connectivity index (χ0v) is 14.9. The molecule has 0 spiro atoms. The molecule has 9 heteroatoms. The number of nitro groups is 1. The first-order valence-corrected chi connectivity index (χ1v) is 7.77. The normalized spacial score (nSPS) is 11.1. The number of nitrogens with zero attached hydrogens (tertiary/aromatic N) is 4. The Morgan fingerprint density at radius 1 is 1.31 bits per heavy atom. The molecule has 138 valence electrons. The number of amides is 1. The van der Waals surface area contributed by atoms with Gasteiger partial charge in [0.25, 0.3) is 0 Å². The minimum atomic E-state index is -1.00. The monoisotopic (exact) mass is 362 g/mol. The highest BCUT2D eigenvalue weighted by atomic mass is 19.1. The molecule has 0 bridgehead atoms. The van der Waals surface area contributed by atoms with Crippen molar-refractivity contribution in [2.75, 3.05) is 7.05 Å². The lowest BCUT2D eigenvalue weighted by Crippen LogP contribution is -2.34. The molecule has 0 radical (unpaired) electrons. The molecule has 2 rings (SSSR count). The first-order chi connectivity index (χ1) is 12.1. The molecule has 1 amide bonds. The molecular formula is C17H19FN4O4. The minimum absolute atomic E-state index is 0.000217. The van der Waals surface area contributed by atoms with E-state index in [-0.39, 0.29) is 17.8 Å². The van der Waals surface area contributed by atoms with Gasteiger partial charge in [-0.15, -0.1) is 0 Å². The third-order valence-corrected chi connectivity index (χ3v) is 3.30. The first kappa shape index (κ1) is 19.2. The Morgan fingerprint density at radius 3 is 2.58 bits per heavy atom. The average Bonchev–Trinajstić information content (AvgIpc) is 2.54. The van der Waals surface area contributed by atoms with Gasteiger partial charge in [-0.05, 0) is 26.8 Å². The van der Waals surface area contributed by atoms with Gasteiger partial charge < -0.3 is 9.64 Å². The van der Waals surface area contributed by atoms with Crippen molar-refractivity contribution in [3.63, 3.8) is 0 Å². The second-order valence-electron chi connectivity index (χ2n) is 6.58. The molecule has 26 heavy (non-hydrogen) atoms. The topological polar surface area (TPSA) is 98.5 Å². The third-order valence-electron chi connectivity index (χ3n) is 3.30. The number of carbonyl (C=O) groups excluding carboxylic acids is 1. The molecule has 0 unspecified atom stereocenters. The van der Waals surface area contributed by atoms with E-state index in [0.717, 1.165) is 6.07 Å². The van der Waals surface area contributed by atoms with Crippen LogP contribution in [0, 0.1) is 15.9 Å². The Kier molecular flexibility index (Phi) is 5.49. The second-order valence-corrected chi connectivity index (χ2v) is 6.58. The van der Waals surface area contributed by atoms with Crippen LogP contribution in [0.2, 0.25) is 0 Å². The summed E-state index contributed by atoms with van der Waals surface area (Å²) in [5.41, 5.74) is -0.952. The van der Waals surface area contributed by atoms with Gasteiger partial charge in [0, 0.05) is 31.1 Å². The van der Waals surface area contributed by atoms with E-state index in [1.165, 1.54) is 36.5 Å². The number of carbonyl (C=O) groups is 1. The highest BCUT2D eigenvalue weighted by Gasteiger charge is 2.24. The van der Waals surface area contributed by atoms with Crippen LogP contribution >= 0.6 is 0 Å². The molecule has 8 nitrogen and oxygen atoms in total. The molecule has 2 aromatic rings. The summed E-state index contributed by atoms with van der Waals surface area (Å²) in [4.78, 5) is 31.8. The molecule has 0 aliphatic carbocycles. The summed E-state index contributed by atoms with van der Waals surface area (Å²) in [6.07, 6.45) is 2.18. The zero-order valence-electron chi connectivity index (χ0n) is 14.9. The van der Waals surface area contributed by atoms with Crippen molar-refractivity contribution in [2.24, 2.45) is 0 Å². The van der Waals surface area contributed by atoms with Crippen LogP contribution in [0.25, 0.3) is 11.3 Å². The van der Waals surface area contributed by atoms with Crippen molar-refractivity contribution in [1.82, 2.24) is 14.9 Å². The number of rotatable bonds is 4. The summed E-state index contributed by atoms with van der Waals surface area (Å²) in [5, 5.41) is 11.0. The summed E-state index contributed by atoms with van der Waals surface area (Å²) < 4.78 is 19.8. The van der Waals surface area contributed by atoms with Crippen LogP contribution in [0.3, 0.4) is 0 Å². The SMILES string of the molecule is CN(Cc1nccnc1-c1cccc([N+](=O)[O-])c1F)C(=O)OC(C)(C)C. The maximum Gasteiger partial charge on any atom is 0.410 e. The third kappa shape index (κ3) is 4.50. The highest BCUT2D eigenvalue weighted by Crippen LogP contribution is 2.29. The van der Waals surface area contributed by atoms with Crippen LogP contribution in [0.1, 0.15) is 26.5 Å². The lowest BCUT2D eigenvalue weighted by atomic mass is 10.1. The number of nitro benzene ring substituents is 1. The minimum Gasteiger partial charge on any atom is -0.444 e. The van der Waals surface area contributed by atoms with Gasteiger partial charge in [-0.1, -0.05) is 6.07 Å². The van der Waals surface area contributed by atoms with Crippen molar-refractivity contribution in [3.8, 4) is 11.3 Å². The Balaban J connectivity index is 2.36. The van der Waals surface area contributed by atoms with Crippen molar-refractivity contribution < 1.29 is 18.8 Å². The quantitative estimate of drug-likeness (QED) is 0.609. The molecule has 0 N–H and O–H groups in total. The van der Waals surface area contributed by atoms with Gasteiger partial charge in [-0.2, -0.15) is 4.39 Å². The van der Waals surface area contributed by atoms with Crippen LogP contribution < -0.4 is 0 Å². The standard InChI is InChI=1S/C17H19FN4O4/c1-17(2,3)26-16(23)21(4)10-12-15(20-9-8-19-12)11-6-5-7-13(14(11)18)22(24)25/h5-9H,10H2,1-4H3. The largest absolute Gasteiger partial charge is 0.444 e. The number of benzene rings is 1. The predicted molar refractivity (Wildman–Crippen MR) is 91.8 cm³/mol. The Morgan fingerprint density at radius 2 is 1.96 bits per heavy atom. The van der Waals surface area contributed by atoms with Crippen LogP contribution in [-0.4, -0.2) is 38.5 Å². The predicted octanol–water partition coefficient (Wildman–Crippen LogP) is 3.56. The number of hydrogen-bond acceptors (Lipinski definition) is 6. The van der Waals surface area contributed by atoms with E-state index < -0.39 is 28.1 Å². The van der Waals surface area contributed by atoms with Gasteiger partial charge in [0.15, 0.2) is 0 Å². The van der Waals surface area contributed by atoms with E-state index in [4.69, 9.17) is 4.74 Å². The summed E-state index contributed by atoms with van der Waals surface area (Å²) in [5.74, 6) is -1.00. The van der Waals surface area contributed by atoms with E-state index in [2.05, 4.69) is 9.97 Å².